The highest BCUT2D eigenvalue weighted by molar-refractivity contribution is 6.03. The van der Waals surface area contributed by atoms with Crippen molar-refractivity contribution >= 4 is 34.3 Å². The molecule has 0 radical (unpaired) electrons. The van der Waals surface area contributed by atoms with Gasteiger partial charge in [-0.15, -0.1) is 0 Å². The molecule has 202 valence electrons. The summed E-state index contributed by atoms with van der Waals surface area (Å²) in [5.41, 5.74) is 3.73. The normalized spacial score (nSPS) is 11.1. The smallest absolute Gasteiger partial charge is 0.277 e. The van der Waals surface area contributed by atoms with E-state index in [0.717, 1.165) is 29.4 Å². The predicted molar refractivity (Wildman–Crippen MR) is 160 cm³/mol. The van der Waals surface area contributed by atoms with Crippen LogP contribution in [0.2, 0.25) is 0 Å². The topological polar surface area (TPSA) is 72.4 Å². The molecule has 38 heavy (non-hydrogen) atoms. The fraction of sp³-hybridized carbons (Fsp3) is 0.375. The molecular formula is C32H41N3O3. The Hall–Kier alpha value is -3.80. The molecule has 2 N–H and O–H groups in total. The lowest BCUT2D eigenvalue weighted by Crippen LogP contribution is -2.23. The SMILES string of the molecule is CCCCCCCCNc1c(OCC=C(C)C)c2ccc(NC(=O)/C=C/c3ccccc3)cc2n(C)c1=O. The Morgan fingerprint density at radius 3 is 2.47 bits per heavy atom. The summed E-state index contributed by atoms with van der Waals surface area (Å²) in [6.45, 7) is 7.34. The van der Waals surface area contributed by atoms with E-state index in [0.29, 0.717) is 35.8 Å². The Morgan fingerprint density at radius 2 is 1.74 bits per heavy atom. The molecule has 0 saturated heterocycles. The van der Waals surface area contributed by atoms with Crippen LogP contribution in [-0.2, 0) is 11.8 Å². The van der Waals surface area contributed by atoms with Crippen LogP contribution in [-0.4, -0.2) is 23.6 Å². The zero-order chi connectivity index (χ0) is 27.3. The minimum absolute atomic E-state index is 0.150. The molecule has 6 nitrogen and oxygen atoms in total. The first kappa shape index (κ1) is 28.8. The summed E-state index contributed by atoms with van der Waals surface area (Å²) in [7, 11) is 1.75. The summed E-state index contributed by atoms with van der Waals surface area (Å²) in [4.78, 5) is 25.9. The van der Waals surface area contributed by atoms with Crippen molar-refractivity contribution in [3.05, 3.63) is 82.2 Å². The first-order chi connectivity index (χ1) is 18.4. The van der Waals surface area contributed by atoms with E-state index in [-0.39, 0.29) is 11.5 Å². The van der Waals surface area contributed by atoms with Gasteiger partial charge in [0.25, 0.3) is 5.56 Å². The molecule has 1 heterocycles. The lowest BCUT2D eigenvalue weighted by molar-refractivity contribution is -0.111. The average molecular weight is 516 g/mol. The number of rotatable bonds is 14. The number of allylic oxidation sites excluding steroid dienone is 1. The number of carbonyl (C=O) groups is 1. The van der Waals surface area contributed by atoms with Gasteiger partial charge in [0.1, 0.15) is 12.3 Å². The molecule has 1 aromatic heterocycles. The molecule has 0 spiro atoms. The predicted octanol–water partition coefficient (Wildman–Crippen LogP) is 7.31. The molecule has 0 atom stereocenters. The van der Waals surface area contributed by atoms with Gasteiger partial charge in [0.15, 0.2) is 5.75 Å². The van der Waals surface area contributed by atoms with Crippen molar-refractivity contribution < 1.29 is 9.53 Å². The molecule has 0 fully saturated rings. The van der Waals surface area contributed by atoms with Gasteiger partial charge in [-0.05, 0) is 56.2 Å². The number of anilines is 2. The van der Waals surface area contributed by atoms with Crippen molar-refractivity contribution in [3.63, 3.8) is 0 Å². The molecule has 6 heteroatoms. The highest BCUT2D eigenvalue weighted by Gasteiger charge is 2.17. The first-order valence-electron chi connectivity index (χ1n) is 13.6. The molecule has 3 aromatic rings. The number of aryl methyl sites for hydroxylation is 1. The lowest BCUT2D eigenvalue weighted by atomic mass is 10.1. The van der Waals surface area contributed by atoms with Crippen LogP contribution in [0.5, 0.6) is 5.75 Å². The van der Waals surface area contributed by atoms with E-state index >= 15 is 0 Å². The van der Waals surface area contributed by atoms with Gasteiger partial charge in [-0.1, -0.05) is 74.9 Å². The van der Waals surface area contributed by atoms with Gasteiger partial charge in [0.2, 0.25) is 5.91 Å². The number of benzene rings is 2. The molecule has 0 aliphatic carbocycles. The number of fused-ring (bicyclic) bond motifs is 1. The molecule has 1 amide bonds. The highest BCUT2D eigenvalue weighted by Crippen LogP contribution is 2.32. The van der Waals surface area contributed by atoms with E-state index in [9.17, 15) is 9.59 Å². The number of unbranched alkanes of at least 4 members (excludes halogenated alkanes) is 5. The minimum atomic E-state index is -0.240. The van der Waals surface area contributed by atoms with Crippen LogP contribution < -0.4 is 20.9 Å². The van der Waals surface area contributed by atoms with Gasteiger partial charge >= 0.3 is 0 Å². The maximum atomic E-state index is 13.4. The Morgan fingerprint density at radius 1 is 1.00 bits per heavy atom. The number of carbonyl (C=O) groups excluding carboxylic acids is 1. The number of nitrogens with one attached hydrogen (secondary N) is 2. The zero-order valence-corrected chi connectivity index (χ0v) is 23.2. The number of amides is 1. The van der Waals surface area contributed by atoms with Crippen molar-refractivity contribution in [2.75, 3.05) is 23.8 Å². The Labute approximate surface area is 226 Å². The quantitative estimate of drug-likeness (QED) is 0.134. The molecular weight excluding hydrogens is 474 g/mol. The number of hydrogen-bond donors (Lipinski definition) is 2. The van der Waals surface area contributed by atoms with Crippen LogP contribution in [0.25, 0.3) is 17.0 Å². The van der Waals surface area contributed by atoms with Crippen LogP contribution >= 0.6 is 0 Å². The maximum absolute atomic E-state index is 13.4. The molecule has 2 aromatic carbocycles. The summed E-state index contributed by atoms with van der Waals surface area (Å²) in [5.74, 6) is 0.309. The lowest BCUT2D eigenvalue weighted by Gasteiger charge is -2.18. The largest absolute Gasteiger partial charge is 0.486 e. The Balaban J connectivity index is 1.84. The van der Waals surface area contributed by atoms with Gasteiger partial charge in [0.05, 0.1) is 5.52 Å². The monoisotopic (exact) mass is 515 g/mol. The number of pyridine rings is 1. The minimum Gasteiger partial charge on any atom is -0.486 e. The summed E-state index contributed by atoms with van der Waals surface area (Å²) < 4.78 is 7.78. The first-order valence-corrected chi connectivity index (χ1v) is 13.6. The van der Waals surface area contributed by atoms with Gasteiger partial charge in [-0.25, -0.2) is 0 Å². The molecule has 3 rings (SSSR count). The van der Waals surface area contributed by atoms with Crippen LogP contribution in [0.4, 0.5) is 11.4 Å². The molecule has 0 aliphatic heterocycles. The number of nitrogens with zero attached hydrogens (tertiary/aromatic N) is 1. The summed E-state index contributed by atoms with van der Waals surface area (Å²) in [6.07, 6.45) is 12.4. The van der Waals surface area contributed by atoms with Gasteiger partial charge in [-0.2, -0.15) is 0 Å². The fourth-order valence-electron chi connectivity index (χ4n) is 4.22. The van der Waals surface area contributed by atoms with Crippen LogP contribution in [0.3, 0.4) is 0 Å². The van der Waals surface area contributed by atoms with Crippen molar-refractivity contribution in [2.45, 2.75) is 59.3 Å². The Bertz CT molecular complexity index is 1320. The van der Waals surface area contributed by atoms with Gasteiger partial charge in [-0.3, -0.25) is 9.59 Å². The Kier molecular flexibility index (Phi) is 11.2. The second-order valence-electron chi connectivity index (χ2n) is 9.82. The van der Waals surface area contributed by atoms with E-state index in [1.54, 1.807) is 17.7 Å². The van der Waals surface area contributed by atoms with Crippen molar-refractivity contribution in [1.82, 2.24) is 4.57 Å². The van der Waals surface area contributed by atoms with Crippen LogP contribution in [0, 0.1) is 0 Å². The zero-order valence-electron chi connectivity index (χ0n) is 23.2. The third-order valence-corrected chi connectivity index (χ3v) is 6.39. The van der Waals surface area contributed by atoms with E-state index in [2.05, 4.69) is 17.6 Å². The molecule has 0 bridgehead atoms. The summed E-state index contributed by atoms with van der Waals surface area (Å²) >= 11 is 0. The van der Waals surface area contributed by atoms with Gasteiger partial charge in [0, 0.05) is 30.7 Å². The van der Waals surface area contributed by atoms with Crippen molar-refractivity contribution in [2.24, 2.45) is 7.05 Å². The van der Waals surface area contributed by atoms with E-state index in [1.165, 1.54) is 31.8 Å². The number of aromatic nitrogens is 1. The van der Waals surface area contributed by atoms with Gasteiger partial charge < -0.3 is 19.9 Å². The molecule has 0 saturated carbocycles. The molecule has 0 unspecified atom stereocenters. The third kappa shape index (κ3) is 8.37. The van der Waals surface area contributed by atoms with Crippen molar-refractivity contribution in [1.29, 1.82) is 0 Å². The standard InChI is InChI=1S/C32H41N3O3/c1-5-6-7-8-9-13-21-33-30-31(38-22-20-24(2)3)27-18-17-26(23-28(27)35(4)32(30)37)34-29(36)19-16-25-14-11-10-12-15-25/h10-12,14-20,23,33H,5-9,13,21-22H2,1-4H3,(H,34,36)/b19-16+. The molecule has 0 aliphatic rings. The van der Waals surface area contributed by atoms with E-state index in [4.69, 9.17) is 4.74 Å². The number of ether oxygens (including phenoxy) is 1. The van der Waals surface area contributed by atoms with E-state index in [1.807, 2.05) is 68.5 Å². The summed E-state index contributed by atoms with van der Waals surface area (Å²) in [5, 5.41) is 7.08. The van der Waals surface area contributed by atoms with E-state index < -0.39 is 0 Å². The van der Waals surface area contributed by atoms with Crippen molar-refractivity contribution in [3.8, 4) is 5.75 Å². The number of hydrogen-bond acceptors (Lipinski definition) is 4. The van der Waals surface area contributed by atoms with Crippen LogP contribution in [0.15, 0.2) is 71.1 Å². The summed E-state index contributed by atoms with van der Waals surface area (Å²) in [6, 6.07) is 15.2. The second kappa shape index (κ2) is 14.8. The highest BCUT2D eigenvalue weighted by atomic mass is 16.5. The second-order valence-corrected chi connectivity index (χ2v) is 9.82. The fourth-order valence-corrected chi connectivity index (χ4v) is 4.22. The average Bonchev–Trinajstić information content (AvgIpc) is 2.91. The van der Waals surface area contributed by atoms with Crippen LogP contribution in [0.1, 0.15) is 64.9 Å². The third-order valence-electron chi connectivity index (χ3n) is 6.39. The maximum Gasteiger partial charge on any atom is 0.277 e.